The van der Waals surface area contributed by atoms with Gasteiger partial charge in [-0.2, -0.15) is 0 Å². The predicted molar refractivity (Wildman–Crippen MR) is 82.5 cm³/mol. The molecule has 0 aromatic heterocycles. The van der Waals surface area contributed by atoms with Crippen LogP contribution in [0.25, 0.3) is 0 Å². The molecule has 1 fully saturated rings. The van der Waals surface area contributed by atoms with Gasteiger partial charge >= 0.3 is 0 Å². The summed E-state index contributed by atoms with van der Waals surface area (Å²) in [7, 11) is 0. The number of nitrogens with two attached hydrogens (primary N) is 1. The van der Waals surface area contributed by atoms with E-state index in [1.165, 1.54) is 37.7 Å². The Balaban J connectivity index is 2.08. The number of hydrogen-bond donors (Lipinski definition) is 1. The average molecular weight is 277 g/mol. The van der Waals surface area contributed by atoms with Gasteiger partial charge in [0.05, 0.1) is 12.7 Å². The van der Waals surface area contributed by atoms with Crippen molar-refractivity contribution in [3.05, 3.63) is 23.8 Å². The first-order valence-corrected chi connectivity index (χ1v) is 7.96. The monoisotopic (exact) mass is 277 g/mol. The number of rotatable bonds is 7. The van der Waals surface area contributed by atoms with E-state index in [0.29, 0.717) is 12.6 Å². The summed E-state index contributed by atoms with van der Waals surface area (Å²) in [5.74, 6) is 1.87. The molecule has 0 amide bonds. The van der Waals surface area contributed by atoms with Gasteiger partial charge in [0.1, 0.15) is 11.5 Å². The van der Waals surface area contributed by atoms with Crippen molar-refractivity contribution in [2.45, 2.75) is 58.0 Å². The van der Waals surface area contributed by atoms with Crippen LogP contribution in [0.15, 0.2) is 18.2 Å². The van der Waals surface area contributed by atoms with E-state index in [2.05, 4.69) is 13.0 Å². The zero-order valence-electron chi connectivity index (χ0n) is 12.6. The smallest absolute Gasteiger partial charge is 0.126 e. The quantitative estimate of drug-likeness (QED) is 0.826. The maximum atomic E-state index is 6.22. The fraction of sp³-hybridized carbons (Fsp3) is 0.647. The Bertz CT molecular complexity index is 400. The Morgan fingerprint density at radius 3 is 2.70 bits per heavy atom. The molecule has 0 atom stereocenters. The van der Waals surface area contributed by atoms with Gasteiger partial charge in [0.25, 0.3) is 0 Å². The zero-order chi connectivity index (χ0) is 14.2. The molecule has 112 valence electrons. The summed E-state index contributed by atoms with van der Waals surface area (Å²) in [5, 5.41) is 0. The van der Waals surface area contributed by atoms with E-state index < -0.39 is 0 Å². The molecular formula is C17H27NO2. The first kappa shape index (κ1) is 15.2. The van der Waals surface area contributed by atoms with Gasteiger partial charge in [-0.15, -0.1) is 0 Å². The Morgan fingerprint density at radius 1 is 1.20 bits per heavy atom. The van der Waals surface area contributed by atoms with Crippen LogP contribution in [0.2, 0.25) is 0 Å². The molecule has 2 rings (SSSR count). The molecule has 0 unspecified atom stereocenters. The van der Waals surface area contributed by atoms with Crippen molar-refractivity contribution in [2.24, 2.45) is 5.73 Å². The summed E-state index contributed by atoms with van der Waals surface area (Å²) in [6.45, 7) is 3.51. The van der Waals surface area contributed by atoms with Crippen molar-refractivity contribution >= 4 is 0 Å². The first-order chi connectivity index (χ1) is 9.83. The minimum Gasteiger partial charge on any atom is -0.493 e. The van der Waals surface area contributed by atoms with E-state index in [-0.39, 0.29) is 0 Å². The van der Waals surface area contributed by atoms with Gasteiger partial charge in [0.15, 0.2) is 0 Å². The molecule has 3 nitrogen and oxygen atoms in total. The molecular weight excluding hydrogens is 250 g/mol. The highest BCUT2D eigenvalue weighted by Gasteiger charge is 2.16. The molecule has 0 heterocycles. The molecule has 1 aromatic carbocycles. The van der Waals surface area contributed by atoms with Crippen LogP contribution in [0, 0.1) is 0 Å². The second-order valence-corrected chi connectivity index (χ2v) is 5.53. The molecule has 1 aliphatic carbocycles. The maximum Gasteiger partial charge on any atom is 0.126 e. The maximum absolute atomic E-state index is 6.22. The molecule has 3 heteroatoms. The lowest BCUT2D eigenvalue weighted by Crippen LogP contribution is -2.20. The lowest BCUT2D eigenvalue weighted by atomic mass is 9.97. The highest BCUT2D eigenvalue weighted by Crippen LogP contribution is 2.29. The molecule has 1 aliphatic rings. The zero-order valence-corrected chi connectivity index (χ0v) is 12.6. The second-order valence-electron chi connectivity index (χ2n) is 5.53. The van der Waals surface area contributed by atoms with Crippen LogP contribution in [0.5, 0.6) is 11.5 Å². The van der Waals surface area contributed by atoms with Gasteiger partial charge in [0, 0.05) is 6.07 Å². The lowest BCUT2D eigenvalue weighted by molar-refractivity contribution is 0.153. The van der Waals surface area contributed by atoms with Gasteiger partial charge in [-0.25, -0.2) is 0 Å². The standard InChI is InChI=1S/C17H27NO2/c1-2-12-19-16-9-8-14(10-11-18)17(13-16)20-15-6-4-3-5-7-15/h8-9,13,15H,2-7,10-12,18H2,1H3. The van der Waals surface area contributed by atoms with Crippen LogP contribution in [0.4, 0.5) is 0 Å². The van der Waals surface area contributed by atoms with E-state index in [1.54, 1.807) is 0 Å². The van der Waals surface area contributed by atoms with Crippen molar-refractivity contribution in [2.75, 3.05) is 13.2 Å². The third-order valence-electron chi connectivity index (χ3n) is 3.77. The second kappa shape index (κ2) is 8.15. The molecule has 0 aliphatic heterocycles. The van der Waals surface area contributed by atoms with E-state index >= 15 is 0 Å². The van der Waals surface area contributed by atoms with Gasteiger partial charge in [0.2, 0.25) is 0 Å². The van der Waals surface area contributed by atoms with Gasteiger partial charge in [-0.05, 0) is 56.7 Å². The Morgan fingerprint density at radius 2 is 2.00 bits per heavy atom. The predicted octanol–water partition coefficient (Wildman–Crippen LogP) is 3.69. The van der Waals surface area contributed by atoms with E-state index in [1.807, 2.05) is 12.1 Å². The van der Waals surface area contributed by atoms with Crippen LogP contribution in [0.1, 0.15) is 51.0 Å². The minimum atomic E-state index is 0.363. The molecule has 0 bridgehead atoms. The topological polar surface area (TPSA) is 44.5 Å². The van der Waals surface area contributed by atoms with Gasteiger partial charge in [-0.1, -0.05) is 19.4 Å². The summed E-state index contributed by atoms with van der Waals surface area (Å²) in [6.07, 6.45) is 8.48. The van der Waals surface area contributed by atoms with Crippen LogP contribution in [-0.4, -0.2) is 19.3 Å². The Labute approximate surface area is 122 Å². The molecule has 2 N–H and O–H groups in total. The molecule has 0 saturated heterocycles. The third-order valence-corrected chi connectivity index (χ3v) is 3.77. The highest BCUT2D eigenvalue weighted by molar-refractivity contribution is 5.41. The summed E-state index contributed by atoms with van der Waals surface area (Å²) in [4.78, 5) is 0. The Hall–Kier alpha value is -1.22. The Kier molecular flexibility index (Phi) is 6.19. The van der Waals surface area contributed by atoms with Crippen molar-refractivity contribution < 1.29 is 9.47 Å². The number of ether oxygens (including phenoxy) is 2. The van der Waals surface area contributed by atoms with Crippen LogP contribution in [-0.2, 0) is 6.42 Å². The van der Waals surface area contributed by atoms with Crippen LogP contribution < -0.4 is 15.2 Å². The summed E-state index contributed by atoms with van der Waals surface area (Å²) >= 11 is 0. The summed E-state index contributed by atoms with van der Waals surface area (Å²) in [5.41, 5.74) is 6.89. The first-order valence-electron chi connectivity index (χ1n) is 7.96. The molecule has 0 spiro atoms. The largest absolute Gasteiger partial charge is 0.493 e. The van der Waals surface area contributed by atoms with Crippen LogP contribution >= 0.6 is 0 Å². The molecule has 20 heavy (non-hydrogen) atoms. The van der Waals surface area contributed by atoms with Crippen molar-refractivity contribution in [3.8, 4) is 11.5 Å². The summed E-state index contributed by atoms with van der Waals surface area (Å²) < 4.78 is 11.9. The SMILES string of the molecule is CCCOc1ccc(CCN)c(OC2CCCCC2)c1. The highest BCUT2D eigenvalue weighted by atomic mass is 16.5. The number of hydrogen-bond acceptors (Lipinski definition) is 3. The lowest BCUT2D eigenvalue weighted by Gasteiger charge is -2.24. The van der Waals surface area contributed by atoms with Gasteiger partial charge in [-0.3, -0.25) is 0 Å². The van der Waals surface area contributed by atoms with E-state index in [4.69, 9.17) is 15.2 Å². The normalized spacial score (nSPS) is 16.1. The minimum absolute atomic E-state index is 0.363. The molecule has 1 saturated carbocycles. The molecule has 0 radical (unpaired) electrons. The average Bonchev–Trinajstić information content (AvgIpc) is 2.49. The summed E-state index contributed by atoms with van der Waals surface area (Å²) in [6, 6.07) is 6.15. The van der Waals surface area contributed by atoms with E-state index in [0.717, 1.165) is 30.9 Å². The van der Waals surface area contributed by atoms with E-state index in [9.17, 15) is 0 Å². The number of benzene rings is 1. The third kappa shape index (κ3) is 4.41. The fourth-order valence-corrected chi connectivity index (χ4v) is 2.68. The van der Waals surface area contributed by atoms with Gasteiger partial charge < -0.3 is 15.2 Å². The molecule has 1 aromatic rings. The van der Waals surface area contributed by atoms with Crippen molar-refractivity contribution in [3.63, 3.8) is 0 Å². The van der Waals surface area contributed by atoms with Crippen molar-refractivity contribution in [1.82, 2.24) is 0 Å². The van der Waals surface area contributed by atoms with Crippen LogP contribution in [0.3, 0.4) is 0 Å². The fourth-order valence-electron chi connectivity index (χ4n) is 2.68. The van der Waals surface area contributed by atoms with Crippen molar-refractivity contribution in [1.29, 1.82) is 0 Å².